The molecule has 1 saturated carbocycles. The smallest absolute Gasteiger partial charge is 0.00118 e. The molecule has 0 nitrogen and oxygen atoms in total. The number of benzene rings is 9. The van der Waals surface area contributed by atoms with Crippen LogP contribution in [0, 0.1) is 11.8 Å². The molecule has 4 atom stereocenters. The van der Waals surface area contributed by atoms with Crippen LogP contribution in [0.2, 0.25) is 0 Å². The van der Waals surface area contributed by atoms with Crippen molar-refractivity contribution in [1.29, 1.82) is 0 Å². The Morgan fingerprint density at radius 2 is 0.714 bits per heavy atom. The molecular formula is C56H40. The molecule has 0 heterocycles. The van der Waals surface area contributed by atoms with Gasteiger partial charge in [0.15, 0.2) is 0 Å². The minimum atomic E-state index is 0.344. The molecule has 0 heteroatoms. The van der Waals surface area contributed by atoms with E-state index in [1.807, 2.05) is 0 Å². The molecular weight excluding hydrogens is 673 g/mol. The predicted molar refractivity (Wildman–Crippen MR) is 238 cm³/mol. The summed E-state index contributed by atoms with van der Waals surface area (Å²) in [5.41, 5.74) is 12.5. The Kier molecular flexibility index (Phi) is 7.11. The van der Waals surface area contributed by atoms with Gasteiger partial charge in [-0.2, -0.15) is 0 Å². The Hall–Kier alpha value is -6.50. The van der Waals surface area contributed by atoms with Crippen molar-refractivity contribution >= 4 is 55.2 Å². The molecule has 12 rings (SSSR count). The first-order valence-electron chi connectivity index (χ1n) is 20.3. The number of hydrogen-bond acceptors (Lipinski definition) is 0. The van der Waals surface area contributed by atoms with Crippen molar-refractivity contribution in [2.45, 2.75) is 24.2 Å². The maximum Gasteiger partial charge on any atom is -0.00118 e. The predicted octanol–water partition coefficient (Wildman–Crippen LogP) is 15.0. The normalized spacial score (nSPS) is 20.8. The summed E-state index contributed by atoms with van der Waals surface area (Å²) in [6.45, 7) is 0. The van der Waals surface area contributed by atoms with Crippen molar-refractivity contribution in [2.75, 3.05) is 0 Å². The van der Waals surface area contributed by atoms with Crippen LogP contribution in [0.4, 0.5) is 0 Å². The standard InChI is InChI=1S/C56H40/c1-5-13-39-29-43(21-17-35(39)9-1)51-33-52(44-22-18-36-10-2-6-14-40(36)30-44)48-27-28-50-54(46-24-20-38-12-4-8-16-42(38)32-46)34-53(49-26-25-47(51)55(48)56(49)50)45-23-19-37-11-3-7-15-41(37)31-45/h1-33,49-50,53-54,56H,34H2. The third-order valence-electron chi connectivity index (χ3n) is 13.5. The van der Waals surface area contributed by atoms with Crippen LogP contribution in [0.5, 0.6) is 0 Å². The Bertz CT molecular complexity index is 2900. The average Bonchev–Trinajstić information content (AvgIpc) is 3.27. The van der Waals surface area contributed by atoms with Crippen molar-refractivity contribution in [2.24, 2.45) is 11.8 Å². The summed E-state index contributed by atoms with van der Waals surface area (Å²) in [6.07, 6.45) is 11.4. The fraction of sp³-hybridized carbons (Fsp3) is 0.107. The van der Waals surface area contributed by atoms with Gasteiger partial charge in [-0.15, -0.1) is 0 Å². The van der Waals surface area contributed by atoms with E-state index in [4.69, 9.17) is 0 Å². The van der Waals surface area contributed by atoms with Crippen molar-refractivity contribution in [1.82, 2.24) is 0 Å². The molecule has 0 spiro atoms. The van der Waals surface area contributed by atoms with Crippen LogP contribution >= 0.6 is 0 Å². The zero-order valence-electron chi connectivity index (χ0n) is 31.1. The molecule has 0 N–H and O–H groups in total. The van der Waals surface area contributed by atoms with Crippen LogP contribution in [0.25, 0.3) is 77.5 Å². The Morgan fingerprint density at radius 3 is 1.14 bits per heavy atom. The largest absolute Gasteiger partial charge is 0.0795 e. The van der Waals surface area contributed by atoms with Gasteiger partial charge in [-0.1, -0.05) is 182 Å². The molecule has 0 aliphatic heterocycles. The van der Waals surface area contributed by atoms with Gasteiger partial charge in [-0.05, 0) is 147 Å². The molecule has 3 aliphatic rings. The van der Waals surface area contributed by atoms with E-state index >= 15 is 0 Å². The molecule has 56 heavy (non-hydrogen) atoms. The molecule has 3 aliphatic carbocycles. The monoisotopic (exact) mass is 712 g/mol. The quantitative estimate of drug-likeness (QED) is 0.170. The van der Waals surface area contributed by atoms with Gasteiger partial charge < -0.3 is 0 Å². The zero-order valence-corrected chi connectivity index (χ0v) is 31.1. The molecule has 9 aromatic carbocycles. The second kappa shape index (κ2) is 12.5. The first-order chi connectivity index (χ1) is 27.7. The Balaban J connectivity index is 1.11. The summed E-state index contributed by atoms with van der Waals surface area (Å²) in [6, 6.07) is 66.4. The lowest BCUT2D eigenvalue weighted by molar-refractivity contribution is 0.223. The lowest BCUT2D eigenvalue weighted by atomic mass is 9.53. The van der Waals surface area contributed by atoms with Gasteiger partial charge in [0.2, 0.25) is 0 Å². The minimum Gasteiger partial charge on any atom is -0.0795 e. The van der Waals surface area contributed by atoms with Crippen LogP contribution in [0.15, 0.2) is 188 Å². The van der Waals surface area contributed by atoms with Gasteiger partial charge in [-0.3, -0.25) is 0 Å². The molecule has 0 aromatic heterocycles. The van der Waals surface area contributed by atoms with Crippen LogP contribution in [0.1, 0.15) is 52.0 Å². The van der Waals surface area contributed by atoms with E-state index in [2.05, 4.69) is 200 Å². The maximum absolute atomic E-state index is 2.61. The van der Waals surface area contributed by atoms with E-state index in [-0.39, 0.29) is 0 Å². The van der Waals surface area contributed by atoms with Gasteiger partial charge in [0.05, 0.1) is 0 Å². The van der Waals surface area contributed by atoms with Crippen LogP contribution in [-0.4, -0.2) is 0 Å². The molecule has 0 bridgehead atoms. The Labute approximate surface area is 328 Å². The Morgan fingerprint density at radius 1 is 0.339 bits per heavy atom. The van der Waals surface area contributed by atoms with Crippen molar-refractivity contribution in [3.63, 3.8) is 0 Å². The highest BCUT2D eigenvalue weighted by Crippen LogP contribution is 2.62. The second-order valence-electron chi connectivity index (χ2n) is 16.4. The van der Waals surface area contributed by atoms with Crippen LogP contribution in [0.3, 0.4) is 0 Å². The number of allylic oxidation sites excluding steroid dienone is 2. The molecule has 0 amide bonds. The molecule has 264 valence electrons. The van der Waals surface area contributed by atoms with E-state index in [1.54, 1.807) is 0 Å². The molecule has 9 aromatic rings. The minimum absolute atomic E-state index is 0.344. The molecule has 0 radical (unpaired) electrons. The second-order valence-corrected chi connectivity index (χ2v) is 16.4. The van der Waals surface area contributed by atoms with E-state index in [9.17, 15) is 0 Å². The summed E-state index contributed by atoms with van der Waals surface area (Å²) in [4.78, 5) is 0. The van der Waals surface area contributed by atoms with Crippen molar-refractivity contribution in [3.05, 3.63) is 216 Å². The fourth-order valence-corrected chi connectivity index (χ4v) is 10.9. The summed E-state index contributed by atoms with van der Waals surface area (Å²) in [5.74, 6) is 1.87. The molecule has 1 fully saturated rings. The highest BCUT2D eigenvalue weighted by atomic mass is 14.5. The summed E-state index contributed by atoms with van der Waals surface area (Å²) < 4.78 is 0. The van der Waals surface area contributed by atoms with Gasteiger partial charge in [0, 0.05) is 0 Å². The van der Waals surface area contributed by atoms with Crippen molar-refractivity contribution in [3.8, 4) is 22.3 Å². The molecule has 4 unspecified atom stereocenters. The van der Waals surface area contributed by atoms with Gasteiger partial charge >= 0.3 is 0 Å². The van der Waals surface area contributed by atoms with Gasteiger partial charge in [0.1, 0.15) is 0 Å². The van der Waals surface area contributed by atoms with Crippen LogP contribution < -0.4 is 0 Å². The number of rotatable bonds is 4. The maximum atomic E-state index is 2.61. The number of fused-ring (bicyclic) bond motifs is 4. The van der Waals surface area contributed by atoms with E-state index in [1.165, 1.54) is 93.2 Å². The first kappa shape index (κ1) is 31.8. The lowest BCUT2D eigenvalue weighted by Gasteiger charge is -2.50. The van der Waals surface area contributed by atoms with Gasteiger partial charge in [-0.25, -0.2) is 0 Å². The first-order valence-corrected chi connectivity index (χ1v) is 20.3. The van der Waals surface area contributed by atoms with E-state index < -0.39 is 0 Å². The SMILES string of the molecule is C1=CC2C(c3ccc4ccccc4c3)CC(c3ccc4ccccc4c3)C3C=Cc4c(-c5ccc6ccccc6c5)cc(-c5ccc6ccccc6c5)c1c4C23. The van der Waals surface area contributed by atoms with Crippen molar-refractivity contribution < 1.29 is 0 Å². The summed E-state index contributed by atoms with van der Waals surface area (Å²) in [5, 5.41) is 10.4. The third-order valence-corrected chi connectivity index (χ3v) is 13.5. The average molecular weight is 713 g/mol. The van der Waals surface area contributed by atoms with Crippen LogP contribution in [-0.2, 0) is 0 Å². The van der Waals surface area contributed by atoms with E-state index in [0.29, 0.717) is 29.6 Å². The summed E-state index contributed by atoms with van der Waals surface area (Å²) in [7, 11) is 0. The summed E-state index contributed by atoms with van der Waals surface area (Å²) >= 11 is 0. The molecule has 0 saturated heterocycles. The lowest BCUT2D eigenvalue weighted by Crippen LogP contribution is -2.38. The third kappa shape index (κ3) is 4.99. The zero-order chi connectivity index (χ0) is 36.7. The topological polar surface area (TPSA) is 0 Å². The highest BCUT2D eigenvalue weighted by molar-refractivity contribution is 5.96. The fourth-order valence-electron chi connectivity index (χ4n) is 10.9. The van der Waals surface area contributed by atoms with E-state index in [0.717, 1.165) is 6.42 Å². The van der Waals surface area contributed by atoms with Gasteiger partial charge in [0.25, 0.3) is 0 Å². The highest BCUT2D eigenvalue weighted by Gasteiger charge is 2.48. The number of hydrogen-bond donors (Lipinski definition) is 0.